The molecule has 0 bridgehead atoms. The summed E-state index contributed by atoms with van der Waals surface area (Å²) >= 11 is 0. The second-order valence-corrected chi connectivity index (χ2v) is 8.33. The van der Waals surface area contributed by atoms with Gasteiger partial charge in [0.25, 0.3) is 0 Å². The van der Waals surface area contributed by atoms with Crippen LogP contribution in [0.4, 0.5) is 0 Å². The summed E-state index contributed by atoms with van der Waals surface area (Å²) in [6, 6.07) is 0. The zero-order valence-electron chi connectivity index (χ0n) is 18.8. The summed E-state index contributed by atoms with van der Waals surface area (Å²) in [6.45, 7) is 10.1. The Morgan fingerprint density at radius 2 is 1.94 bits per heavy atom. The third-order valence-electron chi connectivity index (χ3n) is 6.18. The fourth-order valence-corrected chi connectivity index (χ4v) is 4.21. The summed E-state index contributed by atoms with van der Waals surface area (Å²) in [4.78, 5) is 49.9. The number of epoxide rings is 1. The van der Waals surface area contributed by atoms with Gasteiger partial charge >= 0.3 is 23.9 Å². The van der Waals surface area contributed by atoms with Crippen molar-refractivity contribution in [3.8, 4) is 0 Å². The molecule has 0 unspecified atom stereocenters. The number of ether oxygens (including phenoxy) is 5. The van der Waals surface area contributed by atoms with E-state index >= 15 is 0 Å². The van der Waals surface area contributed by atoms with Crippen LogP contribution in [0.5, 0.6) is 0 Å². The molecule has 32 heavy (non-hydrogen) atoms. The molecule has 2 fully saturated rings. The topological polar surface area (TPSA) is 118 Å². The van der Waals surface area contributed by atoms with E-state index in [9.17, 15) is 19.2 Å². The van der Waals surface area contributed by atoms with Gasteiger partial charge in [-0.15, -0.1) is 0 Å². The third kappa shape index (κ3) is 4.34. The van der Waals surface area contributed by atoms with E-state index in [4.69, 9.17) is 23.7 Å². The molecule has 0 amide bonds. The Balaban J connectivity index is 2.17. The van der Waals surface area contributed by atoms with Crippen molar-refractivity contribution in [1.82, 2.24) is 0 Å². The van der Waals surface area contributed by atoms with Crippen molar-refractivity contribution in [2.24, 2.45) is 5.92 Å². The van der Waals surface area contributed by atoms with Crippen molar-refractivity contribution >= 4 is 23.9 Å². The molecule has 9 nitrogen and oxygen atoms in total. The monoisotopic (exact) mass is 448 g/mol. The average molecular weight is 448 g/mol. The Kier molecular flexibility index (Phi) is 6.59. The molecule has 1 aliphatic carbocycles. The van der Waals surface area contributed by atoms with Crippen LogP contribution >= 0.6 is 0 Å². The van der Waals surface area contributed by atoms with Crippen LogP contribution in [0.3, 0.4) is 0 Å². The van der Waals surface area contributed by atoms with E-state index in [-0.39, 0.29) is 11.1 Å². The minimum atomic E-state index is -1.34. The number of fused-ring (bicyclic) bond motifs is 3. The Bertz CT molecular complexity index is 914. The van der Waals surface area contributed by atoms with Crippen molar-refractivity contribution < 1.29 is 42.9 Å². The van der Waals surface area contributed by atoms with Crippen LogP contribution in [0.15, 0.2) is 35.5 Å². The smallest absolute Gasteiger partial charge is 0.337 e. The van der Waals surface area contributed by atoms with Gasteiger partial charge in [-0.2, -0.15) is 0 Å². The summed E-state index contributed by atoms with van der Waals surface area (Å²) in [7, 11) is 1.20. The highest BCUT2D eigenvalue weighted by Crippen LogP contribution is 2.50. The van der Waals surface area contributed by atoms with Gasteiger partial charge in [0, 0.05) is 18.1 Å². The average Bonchev–Trinajstić information content (AvgIpc) is 3.33. The van der Waals surface area contributed by atoms with Crippen LogP contribution in [0.2, 0.25) is 0 Å². The first-order valence-corrected chi connectivity index (χ1v) is 10.4. The first kappa shape index (κ1) is 23.7. The molecule has 2 saturated heterocycles. The number of rotatable bonds is 4. The number of hydrogen-bond acceptors (Lipinski definition) is 9. The van der Waals surface area contributed by atoms with Gasteiger partial charge in [0.1, 0.15) is 12.2 Å². The maximum absolute atomic E-state index is 12.8. The lowest BCUT2D eigenvalue weighted by atomic mass is 9.80. The second kappa shape index (κ2) is 8.90. The fourth-order valence-electron chi connectivity index (χ4n) is 4.21. The molecule has 0 saturated carbocycles. The summed E-state index contributed by atoms with van der Waals surface area (Å²) in [5.74, 6) is -3.71. The number of carbonyl (C=O) groups excluding carboxylic acids is 4. The van der Waals surface area contributed by atoms with Crippen LogP contribution in [0.1, 0.15) is 40.5 Å². The highest BCUT2D eigenvalue weighted by molar-refractivity contribution is 5.93. The van der Waals surface area contributed by atoms with E-state index in [1.54, 1.807) is 26.0 Å². The van der Waals surface area contributed by atoms with E-state index in [1.807, 2.05) is 6.92 Å². The van der Waals surface area contributed by atoms with Crippen molar-refractivity contribution in [1.29, 1.82) is 0 Å². The van der Waals surface area contributed by atoms with Crippen LogP contribution in [0, 0.1) is 5.92 Å². The number of esters is 4. The molecular formula is C23H28O9. The van der Waals surface area contributed by atoms with Gasteiger partial charge in [-0.1, -0.05) is 18.7 Å². The highest BCUT2D eigenvalue weighted by atomic mass is 16.7. The lowest BCUT2D eigenvalue weighted by molar-refractivity contribution is -0.168. The molecule has 6 atom stereocenters. The van der Waals surface area contributed by atoms with Gasteiger partial charge in [-0.25, -0.2) is 14.4 Å². The first-order valence-electron chi connectivity index (χ1n) is 10.4. The SMILES string of the molecule is C=C1C(=O)O[C@@H]2[C@H]1[C@@H](OC(=O)C(C)=CC)[C@@H](OC(C)=O)C(C(=O)OC)=CCC[C@]1(C)O[C@@H]21. The van der Waals surface area contributed by atoms with Gasteiger partial charge in [0.05, 0.1) is 24.2 Å². The van der Waals surface area contributed by atoms with Gasteiger partial charge in [0.2, 0.25) is 0 Å². The standard InChI is InChI=1S/C23H28O9/c1-7-11(2)20(25)30-17-15-12(3)21(26)31-18(15)19-23(5,32-19)10-8-9-14(22(27)28-6)16(17)29-13(4)24/h7,9,15-19H,3,8,10H2,1-2,4-6H3/t15-,16+,17-,18-,19+,23+/m1/s1. The molecule has 0 aromatic rings. The molecule has 0 N–H and O–H groups in total. The predicted molar refractivity (Wildman–Crippen MR) is 110 cm³/mol. The van der Waals surface area contributed by atoms with Crippen molar-refractivity contribution in [2.45, 2.75) is 70.6 Å². The molecule has 2 heterocycles. The van der Waals surface area contributed by atoms with Crippen LogP contribution < -0.4 is 0 Å². The number of methoxy groups -OCH3 is 1. The molecule has 0 radical (unpaired) electrons. The van der Waals surface area contributed by atoms with Crippen LogP contribution in [-0.2, 0) is 42.9 Å². The van der Waals surface area contributed by atoms with E-state index in [1.165, 1.54) is 14.0 Å². The van der Waals surface area contributed by atoms with Crippen molar-refractivity contribution in [2.75, 3.05) is 7.11 Å². The number of hydrogen-bond donors (Lipinski definition) is 0. The van der Waals surface area contributed by atoms with E-state index in [0.29, 0.717) is 18.4 Å². The Hall–Kier alpha value is -2.94. The fraction of sp³-hybridized carbons (Fsp3) is 0.565. The normalized spacial score (nSPS) is 34.3. The zero-order valence-corrected chi connectivity index (χ0v) is 18.8. The lowest BCUT2D eigenvalue weighted by Gasteiger charge is -2.33. The second-order valence-electron chi connectivity index (χ2n) is 8.33. The molecule has 174 valence electrons. The molecular weight excluding hydrogens is 420 g/mol. The third-order valence-corrected chi connectivity index (χ3v) is 6.18. The van der Waals surface area contributed by atoms with Gasteiger partial charge in [-0.3, -0.25) is 4.79 Å². The number of allylic oxidation sites excluding steroid dienone is 2. The van der Waals surface area contributed by atoms with Gasteiger partial charge < -0.3 is 23.7 Å². The molecule has 0 aromatic heterocycles. The van der Waals surface area contributed by atoms with Crippen LogP contribution in [-0.4, -0.2) is 61.0 Å². The minimum absolute atomic E-state index is 0.00669. The minimum Gasteiger partial charge on any atom is -0.466 e. The summed E-state index contributed by atoms with van der Waals surface area (Å²) in [5, 5.41) is 0. The Morgan fingerprint density at radius 3 is 2.53 bits per heavy atom. The first-order chi connectivity index (χ1) is 15.0. The predicted octanol–water partition coefficient (Wildman–Crippen LogP) is 1.94. The maximum Gasteiger partial charge on any atom is 0.337 e. The Labute approximate surface area is 186 Å². The number of carbonyl (C=O) groups is 4. The molecule has 9 heteroatoms. The summed E-state index contributed by atoms with van der Waals surface area (Å²) in [5.41, 5.74) is -0.238. The van der Waals surface area contributed by atoms with Crippen molar-refractivity contribution in [3.05, 3.63) is 35.5 Å². The van der Waals surface area contributed by atoms with E-state index in [0.717, 1.165) is 0 Å². The van der Waals surface area contributed by atoms with Gasteiger partial charge in [-0.05, 0) is 33.6 Å². The maximum atomic E-state index is 12.8. The summed E-state index contributed by atoms with van der Waals surface area (Å²) < 4.78 is 27.6. The van der Waals surface area contributed by atoms with Crippen LogP contribution in [0.25, 0.3) is 0 Å². The largest absolute Gasteiger partial charge is 0.466 e. The molecule has 0 spiro atoms. The lowest BCUT2D eigenvalue weighted by Crippen LogP contribution is -2.48. The quantitative estimate of drug-likeness (QED) is 0.275. The Morgan fingerprint density at radius 1 is 1.25 bits per heavy atom. The molecule has 3 rings (SSSR count). The van der Waals surface area contributed by atoms with E-state index < -0.39 is 59.8 Å². The molecule has 0 aromatic carbocycles. The molecule has 3 aliphatic rings. The highest BCUT2D eigenvalue weighted by Gasteiger charge is 2.64. The summed E-state index contributed by atoms with van der Waals surface area (Å²) in [6.07, 6.45) is 0.190. The van der Waals surface area contributed by atoms with Crippen molar-refractivity contribution in [3.63, 3.8) is 0 Å². The zero-order chi connectivity index (χ0) is 23.8. The van der Waals surface area contributed by atoms with E-state index in [2.05, 4.69) is 6.58 Å². The molecule has 2 aliphatic heterocycles. The van der Waals surface area contributed by atoms with Gasteiger partial charge in [0.15, 0.2) is 12.2 Å².